The van der Waals surface area contributed by atoms with E-state index >= 15 is 0 Å². The molecule has 0 saturated carbocycles. The van der Waals surface area contributed by atoms with Crippen LogP contribution in [-0.4, -0.2) is 40.8 Å². The Morgan fingerprint density at radius 3 is 2.37 bits per heavy atom. The summed E-state index contributed by atoms with van der Waals surface area (Å²) in [5.74, 6) is 1.83. The SMILES string of the molecule is COc1cc(C2CCC(OCCCNOCc3ccccc3)O2)cc(OC)c1OC. The second-order valence-electron chi connectivity index (χ2n) is 6.98. The van der Waals surface area contributed by atoms with Gasteiger partial charge in [-0.25, -0.2) is 5.48 Å². The summed E-state index contributed by atoms with van der Waals surface area (Å²) in [4.78, 5) is 5.46. The number of benzene rings is 2. The molecule has 2 aromatic carbocycles. The first-order chi connectivity index (χ1) is 14.7. The zero-order valence-electron chi connectivity index (χ0n) is 17.9. The molecule has 1 heterocycles. The molecule has 0 bridgehead atoms. The van der Waals surface area contributed by atoms with Crippen LogP contribution >= 0.6 is 0 Å². The van der Waals surface area contributed by atoms with E-state index in [1.807, 2.05) is 42.5 Å². The Hall–Kier alpha value is -2.32. The predicted octanol–water partition coefficient (Wildman–Crippen LogP) is 4.02. The van der Waals surface area contributed by atoms with Crippen LogP contribution in [0.4, 0.5) is 0 Å². The molecule has 164 valence electrons. The maximum absolute atomic E-state index is 6.08. The van der Waals surface area contributed by atoms with Gasteiger partial charge in [-0.2, -0.15) is 0 Å². The molecule has 1 N–H and O–H groups in total. The van der Waals surface area contributed by atoms with Crippen LogP contribution in [0.5, 0.6) is 17.2 Å². The van der Waals surface area contributed by atoms with Gasteiger partial charge in [0.05, 0.1) is 40.6 Å². The van der Waals surface area contributed by atoms with Crippen LogP contribution in [0.3, 0.4) is 0 Å². The average molecular weight is 418 g/mol. The summed E-state index contributed by atoms with van der Waals surface area (Å²) in [6.07, 6.45) is 2.29. The second kappa shape index (κ2) is 11.8. The van der Waals surface area contributed by atoms with Crippen LogP contribution in [0.15, 0.2) is 42.5 Å². The average Bonchev–Trinajstić information content (AvgIpc) is 3.27. The summed E-state index contributed by atoms with van der Waals surface area (Å²) in [5.41, 5.74) is 5.10. The Morgan fingerprint density at radius 1 is 0.967 bits per heavy atom. The van der Waals surface area contributed by atoms with E-state index in [-0.39, 0.29) is 12.4 Å². The van der Waals surface area contributed by atoms with Crippen molar-refractivity contribution in [1.29, 1.82) is 0 Å². The van der Waals surface area contributed by atoms with Gasteiger partial charge in [0.25, 0.3) is 0 Å². The maximum atomic E-state index is 6.08. The van der Waals surface area contributed by atoms with Crippen molar-refractivity contribution in [3.63, 3.8) is 0 Å². The minimum Gasteiger partial charge on any atom is -0.493 e. The van der Waals surface area contributed by atoms with Gasteiger partial charge in [-0.05, 0) is 36.1 Å². The van der Waals surface area contributed by atoms with E-state index in [0.717, 1.165) is 36.9 Å². The number of ether oxygens (including phenoxy) is 5. The van der Waals surface area contributed by atoms with Crippen molar-refractivity contribution < 1.29 is 28.5 Å². The van der Waals surface area contributed by atoms with Crippen molar-refractivity contribution in [2.24, 2.45) is 0 Å². The van der Waals surface area contributed by atoms with Crippen LogP contribution in [0.2, 0.25) is 0 Å². The third-order valence-electron chi connectivity index (χ3n) is 4.95. The highest BCUT2D eigenvalue weighted by molar-refractivity contribution is 5.54. The van der Waals surface area contributed by atoms with Crippen molar-refractivity contribution >= 4 is 0 Å². The van der Waals surface area contributed by atoms with Gasteiger partial charge in [-0.1, -0.05) is 30.3 Å². The summed E-state index contributed by atoms with van der Waals surface area (Å²) in [7, 11) is 4.82. The summed E-state index contributed by atoms with van der Waals surface area (Å²) in [6, 6.07) is 13.9. The molecule has 7 heteroatoms. The first-order valence-electron chi connectivity index (χ1n) is 10.2. The standard InChI is InChI=1S/C23H31NO6/c1-25-20-14-18(15-21(26-2)23(20)27-3)19-10-11-22(30-19)28-13-7-12-24-29-16-17-8-5-4-6-9-17/h4-6,8-9,14-15,19,22,24H,7,10-13,16H2,1-3H3. The van der Waals surface area contributed by atoms with E-state index in [9.17, 15) is 0 Å². The fourth-order valence-corrected chi connectivity index (χ4v) is 3.40. The smallest absolute Gasteiger partial charge is 0.203 e. The van der Waals surface area contributed by atoms with Crippen molar-refractivity contribution in [3.8, 4) is 17.2 Å². The summed E-state index contributed by atoms with van der Waals surface area (Å²) in [5, 5.41) is 0. The molecule has 7 nitrogen and oxygen atoms in total. The highest BCUT2D eigenvalue weighted by Gasteiger charge is 2.29. The zero-order valence-corrected chi connectivity index (χ0v) is 17.9. The van der Waals surface area contributed by atoms with Gasteiger partial charge in [-0.3, -0.25) is 4.84 Å². The molecule has 2 atom stereocenters. The van der Waals surface area contributed by atoms with E-state index in [0.29, 0.717) is 30.5 Å². The van der Waals surface area contributed by atoms with Crippen molar-refractivity contribution in [2.45, 2.75) is 38.3 Å². The van der Waals surface area contributed by atoms with E-state index in [1.54, 1.807) is 21.3 Å². The summed E-state index contributed by atoms with van der Waals surface area (Å²) in [6.45, 7) is 1.87. The number of methoxy groups -OCH3 is 3. The fourth-order valence-electron chi connectivity index (χ4n) is 3.40. The third-order valence-corrected chi connectivity index (χ3v) is 4.95. The van der Waals surface area contributed by atoms with Gasteiger partial charge >= 0.3 is 0 Å². The van der Waals surface area contributed by atoms with Crippen LogP contribution in [0, 0.1) is 0 Å². The van der Waals surface area contributed by atoms with Gasteiger partial charge in [0.2, 0.25) is 5.75 Å². The Kier molecular flexibility index (Phi) is 8.77. The lowest BCUT2D eigenvalue weighted by molar-refractivity contribution is -0.136. The Bertz CT molecular complexity index is 745. The molecule has 1 saturated heterocycles. The lowest BCUT2D eigenvalue weighted by Crippen LogP contribution is -2.19. The van der Waals surface area contributed by atoms with Gasteiger partial charge in [-0.15, -0.1) is 0 Å². The Labute approximate surface area is 178 Å². The van der Waals surface area contributed by atoms with Gasteiger partial charge in [0, 0.05) is 13.0 Å². The van der Waals surface area contributed by atoms with Crippen LogP contribution in [0.25, 0.3) is 0 Å². The first-order valence-corrected chi connectivity index (χ1v) is 10.2. The number of hydroxylamine groups is 1. The fraction of sp³-hybridized carbons (Fsp3) is 0.478. The minimum absolute atomic E-state index is 0.0592. The Morgan fingerprint density at radius 2 is 1.70 bits per heavy atom. The molecule has 1 fully saturated rings. The lowest BCUT2D eigenvalue weighted by Gasteiger charge is -2.18. The zero-order chi connectivity index (χ0) is 21.2. The number of nitrogens with one attached hydrogen (secondary N) is 1. The molecule has 1 aliphatic heterocycles. The van der Waals surface area contributed by atoms with E-state index in [1.165, 1.54) is 0 Å². The monoisotopic (exact) mass is 417 g/mol. The highest BCUT2D eigenvalue weighted by atomic mass is 16.7. The van der Waals surface area contributed by atoms with Crippen LogP contribution in [-0.2, 0) is 20.9 Å². The molecule has 0 aromatic heterocycles. The molecule has 2 unspecified atom stereocenters. The maximum Gasteiger partial charge on any atom is 0.203 e. The second-order valence-corrected chi connectivity index (χ2v) is 6.98. The molecule has 30 heavy (non-hydrogen) atoms. The quantitative estimate of drug-likeness (QED) is 0.413. The number of hydrogen-bond acceptors (Lipinski definition) is 7. The molecule has 0 aliphatic carbocycles. The van der Waals surface area contributed by atoms with Crippen molar-refractivity contribution in [2.75, 3.05) is 34.5 Å². The largest absolute Gasteiger partial charge is 0.493 e. The molecular formula is C23H31NO6. The lowest BCUT2D eigenvalue weighted by atomic mass is 10.1. The molecule has 0 radical (unpaired) electrons. The number of hydrogen-bond donors (Lipinski definition) is 1. The molecule has 2 aromatic rings. The molecule has 3 rings (SSSR count). The van der Waals surface area contributed by atoms with Crippen molar-refractivity contribution in [3.05, 3.63) is 53.6 Å². The van der Waals surface area contributed by atoms with Crippen LogP contribution < -0.4 is 19.7 Å². The minimum atomic E-state index is -0.209. The molecular weight excluding hydrogens is 386 g/mol. The highest BCUT2D eigenvalue weighted by Crippen LogP contribution is 2.43. The first kappa shape index (κ1) is 22.4. The molecule has 0 spiro atoms. The molecule has 1 aliphatic rings. The number of rotatable bonds is 12. The van der Waals surface area contributed by atoms with E-state index < -0.39 is 0 Å². The molecule has 0 amide bonds. The normalized spacial score (nSPS) is 18.4. The van der Waals surface area contributed by atoms with Gasteiger partial charge in [0.1, 0.15) is 0 Å². The van der Waals surface area contributed by atoms with E-state index in [4.69, 9.17) is 28.5 Å². The summed E-state index contributed by atoms with van der Waals surface area (Å²) < 4.78 is 28.2. The van der Waals surface area contributed by atoms with Crippen molar-refractivity contribution in [1.82, 2.24) is 5.48 Å². The van der Waals surface area contributed by atoms with Crippen LogP contribution in [0.1, 0.15) is 36.5 Å². The van der Waals surface area contributed by atoms with Gasteiger partial charge in [0.15, 0.2) is 17.8 Å². The predicted molar refractivity (Wildman–Crippen MR) is 113 cm³/mol. The topological polar surface area (TPSA) is 67.4 Å². The Balaban J connectivity index is 1.37. The summed E-state index contributed by atoms with van der Waals surface area (Å²) >= 11 is 0. The van der Waals surface area contributed by atoms with E-state index in [2.05, 4.69) is 5.48 Å². The van der Waals surface area contributed by atoms with Gasteiger partial charge < -0.3 is 23.7 Å². The third kappa shape index (κ3) is 6.09.